The Labute approximate surface area is 211 Å². The second-order valence-corrected chi connectivity index (χ2v) is 10.7. The van der Waals surface area contributed by atoms with Crippen LogP contribution in [0.1, 0.15) is 79.2 Å². The number of imide groups is 1. The summed E-state index contributed by atoms with van der Waals surface area (Å²) in [6.45, 7) is 5.53. The molecule has 1 heterocycles. The Morgan fingerprint density at radius 3 is 2.22 bits per heavy atom. The molecular formula is C30H31NO5. The maximum absolute atomic E-state index is 13.5. The number of benzene rings is 3. The van der Waals surface area contributed by atoms with E-state index in [0.717, 1.165) is 42.4 Å². The standard InChI is InChI=1S/C30H31NO5/c1-30(2,3)29(34)35-18-19-12-14-20(15-13-19)31-27(32)23-11-7-10-22-25(36-21-8-5-4-6-9-21)17-16-24(26(22)23)28(31)33/h7,10-17,21H,4-6,8-9,18H2,1-3H3. The van der Waals surface area contributed by atoms with Crippen molar-refractivity contribution >= 4 is 34.2 Å². The molecule has 1 saturated carbocycles. The van der Waals surface area contributed by atoms with Gasteiger partial charge in [0.15, 0.2) is 0 Å². The van der Waals surface area contributed by atoms with Gasteiger partial charge in [0.1, 0.15) is 12.4 Å². The van der Waals surface area contributed by atoms with Gasteiger partial charge in [0.2, 0.25) is 0 Å². The Morgan fingerprint density at radius 1 is 0.889 bits per heavy atom. The average molecular weight is 486 g/mol. The zero-order valence-electron chi connectivity index (χ0n) is 21.0. The van der Waals surface area contributed by atoms with Crippen molar-refractivity contribution in [1.82, 2.24) is 0 Å². The quantitative estimate of drug-likeness (QED) is 0.307. The lowest BCUT2D eigenvalue weighted by Gasteiger charge is -2.29. The third kappa shape index (κ3) is 4.48. The molecule has 0 bridgehead atoms. The number of ether oxygens (including phenoxy) is 2. The Hall–Kier alpha value is -3.67. The molecule has 0 saturated heterocycles. The lowest BCUT2D eigenvalue weighted by atomic mass is 9.92. The van der Waals surface area contributed by atoms with Gasteiger partial charge in [-0.25, -0.2) is 4.90 Å². The topological polar surface area (TPSA) is 72.9 Å². The minimum Gasteiger partial charge on any atom is -0.490 e. The molecule has 6 nitrogen and oxygen atoms in total. The monoisotopic (exact) mass is 485 g/mol. The van der Waals surface area contributed by atoms with Crippen LogP contribution in [0.3, 0.4) is 0 Å². The zero-order chi connectivity index (χ0) is 25.4. The van der Waals surface area contributed by atoms with Gasteiger partial charge in [-0.3, -0.25) is 14.4 Å². The predicted molar refractivity (Wildman–Crippen MR) is 138 cm³/mol. The Kier molecular flexibility index (Phi) is 6.29. The predicted octanol–water partition coefficient (Wildman–Crippen LogP) is 6.44. The molecule has 3 aromatic carbocycles. The van der Waals surface area contributed by atoms with E-state index in [-0.39, 0.29) is 30.5 Å². The number of esters is 1. The molecule has 0 atom stereocenters. The smallest absolute Gasteiger partial charge is 0.311 e. The number of carbonyl (C=O) groups is 3. The van der Waals surface area contributed by atoms with E-state index in [9.17, 15) is 14.4 Å². The Balaban J connectivity index is 1.41. The van der Waals surface area contributed by atoms with Crippen LogP contribution in [0.5, 0.6) is 5.75 Å². The number of nitrogens with zero attached hydrogens (tertiary/aromatic N) is 1. The molecule has 0 aromatic heterocycles. The number of hydrogen-bond acceptors (Lipinski definition) is 5. The highest BCUT2D eigenvalue weighted by Crippen LogP contribution is 2.38. The lowest BCUT2D eigenvalue weighted by molar-refractivity contribution is -0.154. The maximum atomic E-state index is 13.5. The molecule has 6 heteroatoms. The zero-order valence-corrected chi connectivity index (χ0v) is 21.0. The van der Waals surface area contributed by atoms with Crippen molar-refractivity contribution in [3.05, 3.63) is 71.3 Å². The second-order valence-electron chi connectivity index (χ2n) is 10.7. The summed E-state index contributed by atoms with van der Waals surface area (Å²) in [5.41, 5.74) is 1.64. The molecule has 0 spiro atoms. The highest BCUT2D eigenvalue weighted by molar-refractivity contribution is 6.36. The van der Waals surface area contributed by atoms with E-state index < -0.39 is 5.41 Å². The SMILES string of the molecule is CC(C)(C)C(=O)OCc1ccc(N2C(=O)c3cccc4c(OC5CCCCC5)ccc(c34)C2=O)cc1. The first-order valence-corrected chi connectivity index (χ1v) is 12.6. The van der Waals surface area contributed by atoms with Gasteiger partial charge in [-0.2, -0.15) is 0 Å². The fourth-order valence-electron chi connectivity index (χ4n) is 4.88. The van der Waals surface area contributed by atoms with Gasteiger partial charge in [0.05, 0.1) is 17.2 Å². The number of hydrogen-bond donors (Lipinski definition) is 0. The highest BCUT2D eigenvalue weighted by Gasteiger charge is 2.35. The van der Waals surface area contributed by atoms with E-state index in [1.807, 2.05) is 18.2 Å². The van der Waals surface area contributed by atoms with Crippen molar-refractivity contribution in [2.24, 2.45) is 5.41 Å². The molecule has 1 aliphatic carbocycles. The highest BCUT2D eigenvalue weighted by atomic mass is 16.5. The van der Waals surface area contributed by atoms with Gasteiger partial charge >= 0.3 is 5.97 Å². The van der Waals surface area contributed by atoms with E-state index >= 15 is 0 Å². The van der Waals surface area contributed by atoms with Crippen molar-refractivity contribution in [3.8, 4) is 5.75 Å². The van der Waals surface area contributed by atoms with Crippen molar-refractivity contribution in [2.75, 3.05) is 4.90 Å². The van der Waals surface area contributed by atoms with E-state index in [1.165, 1.54) is 11.3 Å². The molecule has 2 aliphatic rings. The average Bonchev–Trinajstić information content (AvgIpc) is 2.87. The summed E-state index contributed by atoms with van der Waals surface area (Å²) in [7, 11) is 0. The largest absolute Gasteiger partial charge is 0.490 e. The minimum absolute atomic E-state index is 0.129. The van der Waals surface area contributed by atoms with Gasteiger partial charge in [-0.15, -0.1) is 0 Å². The normalized spacial score (nSPS) is 16.4. The van der Waals surface area contributed by atoms with Gasteiger partial charge in [0.25, 0.3) is 11.8 Å². The number of amides is 2. The van der Waals surface area contributed by atoms with Crippen LogP contribution in [-0.4, -0.2) is 23.9 Å². The van der Waals surface area contributed by atoms with Crippen LogP contribution < -0.4 is 9.64 Å². The number of rotatable bonds is 5. The molecule has 2 amide bonds. The lowest BCUT2D eigenvalue weighted by Crippen LogP contribution is -2.40. The van der Waals surface area contributed by atoms with Gasteiger partial charge in [-0.1, -0.05) is 30.7 Å². The fraction of sp³-hybridized carbons (Fsp3) is 0.367. The Bertz CT molecular complexity index is 1310. The maximum Gasteiger partial charge on any atom is 0.311 e. The summed E-state index contributed by atoms with van der Waals surface area (Å²) in [6.07, 6.45) is 5.79. The third-order valence-corrected chi connectivity index (χ3v) is 6.89. The molecule has 0 N–H and O–H groups in total. The molecule has 0 unspecified atom stereocenters. The summed E-state index contributed by atoms with van der Waals surface area (Å²) in [6, 6.07) is 16.1. The summed E-state index contributed by atoms with van der Waals surface area (Å²) in [5, 5.41) is 1.45. The molecule has 1 aliphatic heterocycles. The van der Waals surface area contributed by atoms with Crippen molar-refractivity contribution < 1.29 is 23.9 Å². The van der Waals surface area contributed by atoms with Crippen LogP contribution in [0.4, 0.5) is 5.69 Å². The molecular weight excluding hydrogens is 454 g/mol. The van der Waals surface area contributed by atoms with Crippen molar-refractivity contribution in [2.45, 2.75) is 65.6 Å². The van der Waals surface area contributed by atoms with Crippen LogP contribution >= 0.6 is 0 Å². The minimum atomic E-state index is -0.581. The van der Waals surface area contributed by atoms with Gasteiger partial charge < -0.3 is 9.47 Å². The number of anilines is 1. The molecule has 5 rings (SSSR count). The Morgan fingerprint density at radius 2 is 1.56 bits per heavy atom. The third-order valence-electron chi connectivity index (χ3n) is 6.89. The molecule has 1 fully saturated rings. The first-order valence-electron chi connectivity index (χ1n) is 12.6. The molecule has 36 heavy (non-hydrogen) atoms. The summed E-state index contributed by atoms with van der Waals surface area (Å²) in [4.78, 5) is 40.3. The summed E-state index contributed by atoms with van der Waals surface area (Å²) < 4.78 is 11.7. The van der Waals surface area contributed by atoms with Crippen LogP contribution in [0, 0.1) is 5.41 Å². The molecule has 3 aromatic rings. The van der Waals surface area contributed by atoms with Crippen LogP contribution in [0.25, 0.3) is 10.8 Å². The molecule has 0 radical (unpaired) electrons. The fourth-order valence-corrected chi connectivity index (χ4v) is 4.88. The van der Waals surface area contributed by atoms with E-state index in [4.69, 9.17) is 9.47 Å². The van der Waals surface area contributed by atoms with E-state index in [1.54, 1.807) is 57.2 Å². The second kappa shape index (κ2) is 9.41. The summed E-state index contributed by atoms with van der Waals surface area (Å²) >= 11 is 0. The van der Waals surface area contributed by atoms with E-state index in [0.29, 0.717) is 22.2 Å². The van der Waals surface area contributed by atoms with Crippen LogP contribution in [-0.2, 0) is 16.1 Å². The van der Waals surface area contributed by atoms with Crippen LogP contribution in [0.15, 0.2) is 54.6 Å². The first-order chi connectivity index (χ1) is 17.2. The van der Waals surface area contributed by atoms with E-state index in [2.05, 4.69) is 0 Å². The van der Waals surface area contributed by atoms with Crippen LogP contribution in [0.2, 0.25) is 0 Å². The van der Waals surface area contributed by atoms with Crippen molar-refractivity contribution in [1.29, 1.82) is 0 Å². The molecule has 186 valence electrons. The van der Waals surface area contributed by atoms with Gasteiger partial charge in [0, 0.05) is 21.9 Å². The summed E-state index contributed by atoms with van der Waals surface area (Å²) in [5.74, 6) is -0.283. The first kappa shape index (κ1) is 24.0. The van der Waals surface area contributed by atoms with Crippen molar-refractivity contribution in [3.63, 3.8) is 0 Å². The van der Waals surface area contributed by atoms with Gasteiger partial charge in [-0.05, 0) is 82.3 Å². The number of carbonyl (C=O) groups excluding carboxylic acids is 3.